The molecule has 34 heavy (non-hydrogen) atoms. The summed E-state index contributed by atoms with van der Waals surface area (Å²) in [5, 5.41) is 0. The van der Waals surface area contributed by atoms with Gasteiger partial charge in [0.15, 0.2) is 0 Å². The average Bonchev–Trinajstić information content (AvgIpc) is 2.74. The van der Waals surface area contributed by atoms with Gasteiger partial charge in [0.1, 0.15) is 6.10 Å². The number of rotatable bonds is 1. The van der Waals surface area contributed by atoms with Crippen molar-refractivity contribution in [2.45, 2.75) is 126 Å². The Morgan fingerprint density at radius 3 is 2.26 bits per heavy atom. The summed E-state index contributed by atoms with van der Waals surface area (Å²) in [5.74, 6) is 3.66. The highest BCUT2D eigenvalue weighted by atomic mass is 16.5. The Labute approximate surface area is 210 Å². The number of hydrogen-bond acceptors (Lipinski definition) is 2. The first kappa shape index (κ1) is 24.9. The molecule has 0 bridgehead atoms. The summed E-state index contributed by atoms with van der Waals surface area (Å²) in [6.07, 6.45) is 14.6. The van der Waals surface area contributed by atoms with Gasteiger partial charge < -0.3 is 4.74 Å². The molecule has 10 atom stereocenters. The second-order valence-electron chi connectivity index (χ2n) is 15.3. The van der Waals surface area contributed by atoms with Crippen molar-refractivity contribution in [3.8, 4) is 0 Å². The molecule has 0 N–H and O–H groups in total. The van der Waals surface area contributed by atoms with Crippen LogP contribution in [0.3, 0.4) is 0 Å². The van der Waals surface area contributed by atoms with Crippen LogP contribution in [0.1, 0.15) is 120 Å². The van der Waals surface area contributed by atoms with E-state index < -0.39 is 0 Å². The lowest BCUT2D eigenvalue weighted by Gasteiger charge is -2.71. The van der Waals surface area contributed by atoms with E-state index >= 15 is 0 Å². The summed E-state index contributed by atoms with van der Waals surface area (Å²) >= 11 is 0. The normalized spacial score (nSPS) is 54.0. The van der Waals surface area contributed by atoms with E-state index in [4.69, 9.17) is 4.74 Å². The van der Waals surface area contributed by atoms with Crippen LogP contribution in [-0.2, 0) is 9.53 Å². The van der Waals surface area contributed by atoms with Crippen LogP contribution in [0.15, 0.2) is 11.6 Å². The molecule has 4 fully saturated rings. The average molecular weight is 469 g/mol. The van der Waals surface area contributed by atoms with E-state index in [1.54, 1.807) is 6.92 Å². The molecule has 0 aliphatic heterocycles. The maximum atomic E-state index is 11.9. The fourth-order valence-electron chi connectivity index (χ4n) is 11.2. The maximum Gasteiger partial charge on any atom is 0.302 e. The Hall–Kier alpha value is -0.790. The molecular formula is C32H52O2. The van der Waals surface area contributed by atoms with Gasteiger partial charge in [-0.3, -0.25) is 4.79 Å². The second kappa shape index (κ2) is 7.61. The van der Waals surface area contributed by atoms with Crippen molar-refractivity contribution in [2.24, 2.45) is 56.7 Å². The van der Waals surface area contributed by atoms with E-state index in [1.165, 1.54) is 51.4 Å². The third kappa shape index (κ3) is 3.08. The van der Waals surface area contributed by atoms with Gasteiger partial charge in [-0.05, 0) is 109 Å². The van der Waals surface area contributed by atoms with E-state index in [1.807, 2.05) is 5.57 Å². The van der Waals surface area contributed by atoms with Crippen LogP contribution in [0, 0.1) is 56.7 Å². The molecule has 0 aromatic carbocycles. The SMILES string of the molecule is CC(=O)O[C@H]1CC[C@@]2(C)C(CC[C@]3(C)C2CC=C2C4[C@@H](C)[C@H](C)CC[C@]4(C)CC[C@]23C)C1(C)C. The van der Waals surface area contributed by atoms with Gasteiger partial charge in [0.2, 0.25) is 0 Å². The van der Waals surface area contributed by atoms with E-state index in [0.717, 1.165) is 30.1 Å². The number of fused-ring (bicyclic) bond motifs is 7. The zero-order valence-electron chi connectivity index (χ0n) is 23.7. The molecule has 0 radical (unpaired) electrons. The van der Waals surface area contributed by atoms with Crippen LogP contribution in [0.2, 0.25) is 0 Å². The van der Waals surface area contributed by atoms with Gasteiger partial charge in [0.05, 0.1) is 0 Å². The number of ether oxygens (including phenoxy) is 1. The van der Waals surface area contributed by atoms with Crippen LogP contribution >= 0.6 is 0 Å². The standard InChI is InChI=1S/C32H52O2/c1-20-12-15-29(6)18-19-31(8)23(27(29)21(20)2)10-11-25-30(7)16-14-26(34-22(3)33)28(4,5)24(30)13-17-32(25,31)9/h10,20-21,24-27H,11-19H2,1-9H3/t20-,21+,24?,25?,26+,27?,29-,30+,31-,32-/m1/s1. The van der Waals surface area contributed by atoms with E-state index in [0.29, 0.717) is 27.6 Å². The molecule has 5 rings (SSSR count). The summed E-state index contributed by atoms with van der Waals surface area (Å²) in [4.78, 5) is 11.9. The number of esters is 1. The minimum atomic E-state index is -0.110. The van der Waals surface area contributed by atoms with Crippen molar-refractivity contribution in [1.82, 2.24) is 0 Å². The molecule has 5 aliphatic carbocycles. The summed E-state index contributed by atoms with van der Waals surface area (Å²) in [6, 6.07) is 0. The molecule has 0 heterocycles. The third-order valence-electron chi connectivity index (χ3n) is 13.6. The zero-order chi connectivity index (χ0) is 24.9. The monoisotopic (exact) mass is 468 g/mol. The Kier molecular flexibility index (Phi) is 5.57. The lowest BCUT2D eigenvalue weighted by molar-refractivity contribution is -0.212. The predicted molar refractivity (Wildman–Crippen MR) is 140 cm³/mol. The minimum absolute atomic E-state index is 0.0450. The van der Waals surface area contributed by atoms with Gasteiger partial charge in [0.25, 0.3) is 0 Å². The Morgan fingerprint density at radius 2 is 1.59 bits per heavy atom. The summed E-state index contributed by atoms with van der Waals surface area (Å²) in [6.45, 7) is 22.1. The minimum Gasteiger partial charge on any atom is -0.462 e. The molecule has 0 amide bonds. The van der Waals surface area contributed by atoms with Crippen LogP contribution in [0.4, 0.5) is 0 Å². The van der Waals surface area contributed by atoms with Crippen LogP contribution in [-0.4, -0.2) is 12.1 Å². The fourth-order valence-corrected chi connectivity index (χ4v) is 11.2. The molecule has 3 unspecified atom stereocenters. The van der Waals surface area contributed by atoms with E-state index in [-0.39, 0.29) is 17.5 Å². The zero-order valence-corrected chi connectivity index (χ0v) is 23.7. The Balaban J connectivity index is 1.54. The van der Waals surface area contributed by atoms with Gasteiger partial charge in [-0.1, -0.05) is 67.0 Å². The molecule has 4 saturated carbocycles. The molecule has 2 heteroatoms. The lowest BCUT2D eigenvalue weighted by Crippen LogP contribution is -2.65. The molecule has 0 saturated heterocycles. The summed E-state index contributed by atoms with van der Waals surface area (Å²) < 4.78 is 5.91. The first-order valence-electron chi connectivity index (χ1n) is 14.6. The topological polar surface area (TPSA) is 26.3 Å². The van der Waals surface area contributed by atoms with Gasteiger partial charge >= 0.3 is 5.97 Å². The van der Waals surface area contributed by atoms with Crippen molar-refractivity contribution in [3.05, 3.63) is 11.6 Å². The molecule has 0 aromatic heterocycles. The first-order chi connectivity index (χ1) is 15.7. The maximum absolute atomic E-state index is 11.9. The van der Waals surface area contributed by atoms with Gasteiger partial charge in [-0.2, -0.15) is 0 Å². The van der Waals surface area contributed by atoms with Crippen molar-refractivity contribution in [3.63, 3.8) is 0 Å². The van der Waals surface area contributed by atoms with Crippen molar-refractivity contribution in [1.29, 1.82) is 0 Å². The highest BCUT2D eigenvalue weighted by Crippen LogP contribution is 2.75. The highest BCUT2D eigenvalue weighted by Gasteiger charge is 2.68. The van der Waals surface area contributed by atoms with Crippen molar-refractivity contribution in [2.75, 3.05) is 0 Å². The van der Waals surface area contributed by atoms with Crippen LogP contribution in [0.25, 0.3) is 0 Å². The summed E-state index contributed by atoms with van der Waals surface area (Å²) in [7, 11) is 0. The smallest absolute Gasteiger partial charge is 0.302 e. The first-order valence-corrected chi connectivity index (χ1v) is 14.6. The van der Waals surface area contributed by atoms with Crippen molar-refractivity contribution < 1.29 is 9.53 Å². The van der Waals surface area contributed by atoms with Crippen LogP contribution in [0.5, 0.6) is 0 Å². The number of allylic oxidation sites excluding steroid dienone is 2. The number of hydrogen-bond donors (Lipinski definition) is 0. The Morgan fingerprint density at radius 1 is 0.882 bits per heavy atom. The molecular weight excluding hydrogens is 416 g/mol. The molecule has 192 valence electrons. The van der Waals surface area contributed by atoms with Gasteiger partial charge in [-0.25, -0.2) is 0 Å². The predicted octanol–water partition coefficient (Wildman–Crippen LogP) is 8.60. The lowest BCUT2D eigenvalue weighted by atomic mass is 9.33. The van der Waals surface area contributed by atoms with Gasteiger partial charge in [0, 0.05) is 12.3 Å². The van der Waals surface area contributed by atoms with E-state index in [9.17, 15) is 4.79 Å². The molecule has 0 spiro atoms. The van der Waals surface area contributed by atoms with Crippen LogP contribution < -0.4 is 0 Å². The number of carbonyl (C=O) groups is 1. The fraction of sp³-hybridized carbons (Fsp3) is 0.906. The third-order valence-corrected chi connectivity index (χ3v) is 13.6. The number of carbonyl (C=O) groups excluding carboxylic acids is 1. The summed E-state index contributed by atoms with van der Waals surface area (Å²) in [5.41, 5.74) is 3.44. The van der Waals surface area contributed by atoms with Crippen molar-refractivity contribution >= 4 is 5.97 Å². The molecule has 0 aromatic rings. The van der Waals surface area contributed by atoms with Gasteiger partial charge in [-0.15, -0.1) is 0 Å². The highest BCUT2D eigenvalue weighted by molar-refractivity contribution is 5.66. The van der Waals surface area contributed by atoms with E-state index in [2.05, 4.69) is 61.5 Å². The second-order valence-corrected chi connectivity index (χ2v) is 15.3. The molecule has 5 aliphatic rings. The Bertz CT molecular complexity index is 885. The molecule has 2 nitrogen and oxygen atoms in total. The largest absolute Gasteiger partial charge is 0.462 e. The quantitative estimate of drug-likeness (QED) is 0.284.